The number of hydrogen-bond acceptors (Lipinski definition) is 2. The number of hydrogen-bond donors (Lipinski definition) is 0. The molecule has 2 aromatic carbocycles. The lowest BCUT2D eigenvalue weighted by molar-refractivity contribution is -0.143. The second-order valence-corrected chi connectivity index (χ2v) is 5.73. The van der Waals surface area contributed by atoms with Crippen molar-refractivity contribution in [2.75, 3.05) is 0 Å². The first-order chi connectivity index (χ1) is 11.6. The van der Waals surface area contributed by atoms with E-state index in [1.165, 1.54) is 30.3 Å². The molecule has 1 atom stereocenters. The molecule has 0 bridgehead atoms. The minimum Gasteiger partial charge on any atom is -0.293 e. The number of carbonyl (C=O) groups excluding carboxylic acids is 1. The van der Waals surface area contributed by atoms with E-state index in [1.807, 2.05) is 0 Å². The van der Waals surface area contributed by atoms with Gasteiger partial charge in [0.2, 0.25) is 0 Å². The summed E-state index contributed by atoms with van der Waals surface area (Å²) >= 11 is 0. The average molecular weight is 378 g/mol. The largest absolute Gasteiger partial charge is 0.417 e. The van der Waals surface area contributed by atoms with Crippen molar-refractivity contribution in [3.8, 4) is 0 Å². The molecule has 0 amide bonds. The zero-order valence-electron chi connectivity index (χ0n) is 12.2. The second kappa shape index (κ2) is 6.96. The van der Waals surface area contributed by atoms with Gasteiger partial charge in [-0.25, -0.2) is 0 Å². The van der Waals surface area contributed by atoms with Crippen LogP contribution in [0.25, 0.3) is 0 Å². The Balaban J connectivity index is 2.71. The fraction of sp³-hybridized carbons (Fsp3) is 0.188. The van der Waals surface area contributed by atoms with Crippen LogP contribution in [0, 0.1) is 0 Å². The van der Waals surface area contributed by atoms with Gasteiger partial charge in [0.15, 0.2) is 14.2 Å². The van der Waals surface area contributed by atoms with Gasteiger partial charge in [-0.15, -0.1) is 0 Å². The summed E-state index contributed by atoms with van der Waals surface area (Å²) in [4.78, 5) is 12.5. The van der Waals surface area contributed by atoms with E-state index in [2.05, 4.69) is 0 Å². The molecule has 0 aromatic heterocycles. The molecule has 0 aliphatic rings. The van der Waals surface area contributed by atoms with Gasteiger partial charge < -0.3 is 0 Å². The molecule has 2 nitrogen and oxygen atoms in total. The smallest absolute Gasteiger partial charge is 0.293 e. The van der Waals surface area contributed by atoms with E-state index >= 15 is 0 Å². The monoisotopic (exact) mass is 378 g/mol. The van der Waals surface area contributed by atoms with Crippen molar-refractivity contribution in [1.82, 2.24) is 0 Å². The van der Waals surface area contributed by atoms with Crippen molar-refractivity contribution in [2.24, 2.45) is 0 Å². The Bertz CT molecular complexity index is 751. The van der Waals surface area contributed by atoms with Crippen LogP contribution in [0.1, 0.15) is 32.7 Å². The van der Waals surface area contributed by atoms with Crippen molar-refractivity contribution in [3.05, 3.63) is 70.8 Å². The van der Waals surface area contributed by atoms with Crippen LogP contribution in [0.15, 0.2) is 48.5 Å². The number of alkyl halides is 6. The highest BCUT2D eigenvalue weighted by Gasteiger charge is 2.44. The van der Waals surface area contributed by atoms with Crippen LogP contribution in [-0.4, -0.2) is 5.78 Å². The van der Waals surface area contributed by atoms with E-state index in [-0.39, 0.29) is 5.56 Å². The zero-order chi connectivity index (χ0) is 18.8. The minimum atomic E-state index is -5.17. The first-order valence-corrected chi connectivity index (χ1v) is 7.64. The van der Waals surface area contributed by atoms with Gasteiger partial charge in [0.25, 0.3) is 0 Å². The fourth-order valence-electron chi connectivity index (χ4n) is 2.32. The molecule has 0 spiro atoms. The standard InChI is InChI=1S/C16H9F6O2P/c17-15(18,19)10-7-4-8-11(16(20,21)22)12(10)13(23)14(25-24)9-5-2-1-3-6-9/h1-8,14H. The summed E-state index contributed by atoms with van der Waals surface area (Å²) in [6.07, 6.45) is -10.3. The third-order valence-corrected chi connectivity index (χ3v) is 4.13. The molecule has 0 saturated heterocycles. The van der Waals surface area contributed by atoms with Crippen LogP contribution in [0.4, 0.5) is 26.3 Å². The summed E-state index contributed by atoms with van der Waals surface area (Å²) in [6.45, 7) is 0. The van der Waals surface area contributed by atoms with E-state index in [4.69, 9.17) is 0 Å². The van der Waals surface area contributed by atoms with Crippen LogP contribution >= 0.6 is 8.46 Å². The Morgan fingerprint density at radius 1 is 0.800 bits per heavy atom. The van der Waals surface area contributed by atoms with Gasteiger partial charge in [0.05, 0.1) is 11.1 Å². The molecule has 0 N–H and O–H groups in total. The van der Waals surface area contributed by atoms with E-state index in [0.29, 0.717) is 18.2 Å². The highest BCUT2D eigenvalue weighted by Crippen LogP contribution is 2.42. The molecule has 0 saturated carbocycles. The minimum absolute atomic E-state index is 0.0502. The number of halogens is 6. The van der Waals surface area contributed by atoms with E-state index in [0.717, 1.165) is 0 Å². The number of ketones is 1. The molecule has 0 heterocycles. The number of Topliss-reactive ketones (excluding diaryl/α,β-unsaturated/α-hetero) is 1. The van der Waals surface area contributed by atoms with Crippen LogP contribution in [-0.2, 0) is 16.9 Å². The maximum Gasteiger partial charge on any atom is 0.417 e. The summed E-state index contributed by atoms with van der Waals surface area (Å²) in [5.74, 6) is -1.51. The van der Waals surface area contributed by atoms with Crippen LogP contribution in [0.3, 0.4) is 0 Å². The molecule has 0 fully saturated rings. The Labute approximate surface area is 139 Å². The van der Waals surface area contributed by atoms with E-state index in [9.17, 15) is 35.7 Å². The van der Waals surface area contributed by atoms with Crippen LogP contribution < -0.4 is 0 Å². The summed E-state index contributed by atoms with van der Waals surface area (Å²) in [5, 5.41) is 0. The highest BCUT2D eigenvalue weighted by atomic mass is 31.1. The van der Waals surface area contributed by atoms with Gasteiger partial charge >= 0.3 is 12.4 Å². The van der Waals surface area contributed by atoms with Crippen LogP contribution in [0.2, 0.25) is 0 Å². The molecular weight excluding hydrogens is 369 g/mol. The van der Waals surface area contributed by atoms with Gasteiger partial charge in [0, 0.05) is 5.56 Å². The summed E-state index contributed by atoms with van der Waals surface area (Å²) in [5.41, 5.74) is -6.58. The lowest BCUT2D eigenvalue weighted by atomic mass is 9.92. The Morgan fingerprint density at radius 3 is 1.68 bits per heavy atom. The first kappa shape index (κ1) is 19.1. The average Bonchev–Trinajstić information content (AvgIpc) is 2.54. The summed E-state index contributed by atoms with van der Waals surface area (Å²) in [6, 6.07) is 8.38. The highest BCUT2D eigenvalue weighted by molar-refractivity contribution is 7.26. The maximum absolute atomic E-state index is 13.1. The van der Waals surface area contributed by atoms with E-state index in [1.54, 1.807) is 0 Å². The third kappa shape index (κ3) is 4.07. The van der Waals surface area contributed by atoms with Crippen molar-refractivity contribution in [1.29, 1.82) is 0 Å². The Morgan fingerprint density at radius 2 is 1.28 bits per heavy atom. The molecule has 1 unspecified atom stereocenters. The lowest BCUT2D eigenvalue weighted by Gasteiger charge is -2.19. The van der Waals surface area contributed by atoms with Crippen LogP contribution in [0.5, 0.6) is 0 Å². The summed E-state index contributed by atoms with van der Waals surface area (Å²) in [7, 11) is -0.906. The molecule has 2 rings (SSSR count). The van der Waals surface area contributed by atoms with Crippen molar-refractivity contribution < 1.29 is 35.7 Å². The number of carbonyl (C=O) groups is 1. The SMILES string of the molecule is O=PC(C(=O)c1c(C(F)(F)F)cccc1C(F)(F)F)c1ccccc1. The molecule has 0 aliphatic heterocycles. The molecular formula is C16H9F6O2P. The molecule has 0 aliphatic carbocycles. The topological polar surface area (TPSA) is 34.1 Å². The quantitative estimate of drug-likeness (QED) is 0.375. The second-order valence-electron chi connectivity index (χ2n) is 5.01. The Hall–Kier alpha value is -2.21. The summed E-state index contributed by atoms with van der Waals surface area (Å²) < 4.78 is 90.2. The Kier molecular flexibility index (Phi) is 5.32. The van der Waals surface area contributed by atoms with Gasteiger partial charge in [0.1, 0.15) is 5.66 Å². The van der Waals surface area contributed by atoms with Gasteiger partial charge in [-0.05, 0) is 17.7 Å². The van der Waals surface area contributed by atoms with Crippen molar-refractivity contribution in [2.45, 2.75) is 18.0 Å². The molecule has 9 heteroatoms. The van der Waals surface area contributed by atoms with Gasteiger partial charge in [-0.1, -0.05) is 36.4 Å². The van der Waals surface area contributed by atoms with E-state index < -0.39 is 48.9 Å². The van der Waals surface area contributed by atoms with Crippen molar-refractivity contribution in [3.63, 3.8) is 0 Å². The predicted octanol–water partition coefficient (Wildman–Crippen LogP) is 5.94. The van der Waals surface area contributed by atoms with Crippen molar-refractivity contribution >= 4 is 14.2 Å². The number of benzene rings is 2. The molecule has 0 radical (unpaired) electrons. The number of rotatable bonds is 4. The maximum atomic E-state index is 13.1. The lowest BCUT2D eigenvalue weighted by Crippen LogP contribution is -2.22. The first-order valence-electron chi connectivity index (χ1n) is 6.76. The normalized spacial score (nSPS) is 13.7. The molecule has 132 valence electrons. The zero-order valence-corrected chi connectivity index (χ0v) is 13.1. The molecule has 25 heavy (non-hydrogen) atoms. The third-order valence-electron chi connectivity index (χ3n) is 3.39. The fourth-order valence-corrected chi connectivity index (χ4v) is 2.84. The van der Waals surface area contributed by atoms with Gasteiger partial charge in [-0.2, -0.15) is 26.3 Å². The van der Waals surface area contributed by atoms with Gasteiger partial charge in [-0.3, -0.25) is 9.36 Å². The predicted molar refractivity (Wildman–Crippen MR) is 77.6 cm³/mol. The molecule has 2 aromatic rings.